The number of esters is 1. The molecular formula is C21H22N2O5S. The maximum Gasteiger partial charge on any atom is 0.325 e. The molecule has 0 saturated carbocycles. The van der Waals surface area contributed by atoms with Gasteiger partial charge in [0.15, 0.2) is 16.3 Å². The maximum absolute atomic E-state index is 13.0. The first-order chi connectivity index (χ1) is 13.9. The molecule has 3 rings (SSSR count). The molecule has 3 aromatic rings. The zero-order valence-electron chi connectivity index (χ0n) is 16.9. The molecule has 2 aromatic carbocycles. The minimum absolute atomic E-state index is 0.0413. The van der Waals surface area contributed by atoms with Crippen LogP contribution in [0.2, 0.25) is 0 Å². The number of carbonyl (C=O) groups excluding carboxylic acids is 2. The lowest BCUT2D eigenvalue weighted by molar-refractivity contribution is -0.141. The van der Waals surface area contributed by atoms with Gasteiger partial charge in [-0.1, -0.05) is 17.4 Å². The van der Waals surface area contributed by atoms with E-state index in [1.807, 2.05) is 26.0 Å². The lowest BCUT2D eigenvalue weighted by Crippen LogP contribution is -2.22. The summed E-state index contributed by atoms with van der Waals surface area (Å²) in [6.07, 6.45) is 0. The maximum atomic E-state index is 13.0. The third-order valence-electron chi connectivity index (χ3n) is 4.64. The number of methoxy groups -OCH3 is 3. The van der Waals surface area contributed by atoms with E-state index in [-0.39, 0.29) is 12.1 Å². The number of amides is 1. The van der Waals surface area contributed by atoms with Crippen molar-refractivity contribution >= 4 is 33.4 Å². The number of aryl methyl sites for hydroxylation is 2. The van der Waals surface area contributed by atoms with E-state index in [1.54, 1.807) is 22.8 Å². The summed E-state index contributed by atoms with van der Waals surface area (Å²) < 4.78 is 18.1. The van der Waals surface area contributed by atoms with Crippen LogP contribution < -0.4 is 14.3 Å². The van der Waals surface area contributed by atoms with Crippen molar-refractivity contribution in [2.45, 2.75) is 20.4 Å². The van der Waals surface area contributed by atoms with Gasteiger partial charge in [0.25, 0.3) is 5.91 Å². The Balaban J connectivity index is 2.20. The molecule has 0 N–H and O–H groups in total. The summed E-state index contributed by atoms with van der Waals surface area (Å²) in [5.74, 6) is -0.148. The number of hydrogen-bond donors (Lipinski definition) is 0. The molecule has 1 amide bonds. The van der Waals surface area contributed by atoms with E-state index in [2.05, 4.69) is 4.99 Å². The third kappa shape index (κ3) is 4.02. The highest BCUT2D eigenvalue weighted by molar-refractivity contribution is 7.16. The van der Waals surface area contributed by atoms with Crippen LogP contribution in [0.25, 0.3) is 10.2 Å². The Kier molecular flexibility index (Phi) is 6.03. The van der Waals surface area contributed by atoms with Gasteiger partial charge in [0.2, 0.25) is 0 Å². The van der Waals surface area contributed by atoms with Gasteiger partial charge in [-0.05, 0) is 49.2 Å². The first-order valence-corrected chi connectivity index (χ1v) is 9.68. The molecule has 152 valence electrons. The molecule has 0 aliphatic carbocycles. The Hall–Kier alpha value is -3.13. The van der Waals surface area contributed by atoms with Gasteiger partial charge in [-0.25, -0.2) is 0 Å². The van der Waals surface area contributed by atoms with Crippen molar-refractivity contribution in [3.63, 3.8) is 0 Å². The molecule has 0 fully saturated rings. The van der Waals surface area contributed by atoms with Gasteiger partial charge in [0.05, 0.1) is 37.1 Å². The molecule has 0 unspecified atom stereocenters. The second kappa shape index (κ2) is 8.48. The SMILES string of the molecule is COC(=O)Cn1c(=NC(=O)c2cccc(OC)c2OC)sc2cc(C)c(C)cc21. The zero-order chi connectivity index (χ0) is 21.1. The van der Waals surface area contributed by atoms with Crippen molar-refractivity contribution in [3.05, 3.63) is 51.8 Å². The predicted molar refractivity (Wildman–Crippen MR) is 111 cm³/mol. The molecule has 8 heteroatoms. The zero-order valence-corrected chi connectivity index (χ0v) is 17.8. The Bertz CT molecular complexity index is 1160. The number of fused-ring (bicyclic) bond motifs is 1. The molecular weight excluding hydrogens is 392 g/mol. The Labute approximate surface area is 172 Å². The van der Waals surface area contributed by atoms with Gasteiger partial charge in [-0.15, -0.1) is 0 Å². The number of ether oxygens (including phenoxy) is 3. The highest BCUT2D eigenvalue weighted by atomic mass is 32.1. The van der Waals surface area contributed by atoms with Crippen LogP contribution in [0.1, 0.15) is 21.5 Å². The Morgan fingerprint density at radius 3 is 2.45 bits per heavy atom. The van der Waals surface area contributed by atoms with Crippen LogP contribution >= 0.6 is 11.3 Å². The van der Waals surface area contributed by atoms with E-state index in [0.717, 1.165) is 21.3 Å². The molecule has 0 saturated heterocycles. The summed E-state index contributed by atoms with van der Waals surface area (Å²) in [5, 5.41) is 0. The van der Waals surface area contributed by atoms with Gasteiger partial charge in [-0.2, -0.15) is 4.99 Å². The molecule has 0 bridgehead atoms. The van der Waals surface area contributed by atoms with Crippen molar-refractivity contribution < 1.29 is 23.8 Å². The van der Waals surface area contributed by atoms with Gasteiger partial charge >= 0.3 is 5.97 Å². The fourth-order valence-electron chi connectivity index (χ4n) is 2.96. The van der Waals surface area contributed by atoms with Gasteiger partial charge < -0.3 is 18.8 Å². The molecule has 1 aromatic heterocycles. The first kappa shape index (κ1) is 20.6. The standard InChI is InChI=1S/C21H22N2O5S/c1-12-9-15-17(10-13(12)2)29-21(23(15)11-18(24)27-4)22-20(25)14-7-6-8-16(26-3)19(14)28-5/h6-10H,11H2,1-5H3. The quantitative estimate of drug-likeness (QED) is 0.599. The third-order valence-corrected chi connectivity index (χ3v) is 5.68. The van der Waals surface area contributed by atoms with Crippen LogP contribution in [0.15, 0.2) is 35.3 Å². The van der Waals surface area contributed by atoms with Gasteiger partial charge in [0, 0.05) is 0 Å². The van der Waals surface area contributed by atoms with Crippen LogP contribution in [0, 0.1) is 13.8 Å². The first-order valence-electron chi connectivity index (χ1n) is 8.87. The lowest BCUT2D eigenvalue weighted by atomic mass is 10.1. The molecule has 0 spiro atoms. The van der Waals surface area contributed by atoms with Crippen LogP contribution in [-0.4, -0.2) is 37.8 Å². The summed E-state index contributed by atoms with van der Waals surface area (Å²) in [4.78, 5) is 29.6. The van der Waals surface area contributed by atoms with E-state index >= 15 is 0 Å². The van der Waals surface area contributed by atoms with Gasteiger partial charge in [0.1, 0.15) is 6.54 Å². The summed E-state index contributed by atoms with van der Waals surface area (Å²) in [7, 11) is 4.30. The Morgan fingerprint density at radius 1 is 1.07 bits per heavy atom. The second-order valence-corrected chi connectivity index (χ2v) is 7.42. The van der Waals surface area contributed by atoms with Crippen molar-refractivity contribution in [1.29, 1.82) is 0 Å². The number of benzene rings is 2. The second-order valence-electron chi connectivity index (χ2n) is 6.41. The van der Waals surface area contributed by atoms with Crippen LogP contribution in [0.5, 0.6) is 11.5 Å². The van der Waals surface area contributed by atoms with Crippen LogP contribution in [0.4, 0.5) is 0 Å². The predicted octanol–water partition coefficient (Wildman–Crippen LogP) is 3.25. The molecule has 29 heavy (non-hydrogen) atoms. The average Bonchev–Trinajstić information content (AvgIpc) is 3.03. The lowest BCUT2D eigenvalue weighted by Gasteiger charge is -2.10. The number of rotatable bonds is 5. The van der Waals surface area contributed by atoms with E-state index in [1.165, 1.54) is 32.7 Å². The highest BCUT2D eigenvalue weighted by Gasteiger charge is 2.18. The smallest absolute Gasteiger partial charge is 0.325 e. The van der Waals surface area contributed by atoms with E-state index in [9.17, 15) is 9.59 Å². The highest BCUT2D eigenvalue weighted by Crippen LogP contribution is 2.31. The summed E-state index contributed by atoms with van der Waals surface area (Å²) in [6, 6.07) is 9.04. The van der Waals surface area contributed by atoms with E-state index < -0.39 is 11.9 Å². The summed E-state index contributed by atoms with van der Waals surface area (Å²) in [6.45, 7) is 3.97. The summed E-state index contributed by atoms with van der Waals surface area (Å²) in [5.41, 5.74) is 3.31. The molecule has 1 heterocycles. The molecule has 7 nitrogen and oxygen atoms in total. The Morgan fingerprint density at radius 2 is 1.79 bits per heavy atom. The molecule has 0 aliphatic heterocycles. The molecule has 0 radical (unpaired) electrons. The van der Waals surface area contributed by atoms with Gasteiger partial charge in [-0.3, -0.25) is 9.59 Å². The monoisotopic (exact) mass is 414 g/mol. The average molecular weight is 414 g/mol. The largest absolute Gasteiger partial charge is 0.493 e. The number of nitrogens with zero attached hydrogens (tertiary/aromatic N) is 2. The fourth-order valence-corrected chi connectivity index (χ4v) is 4.06. The number of aromatic nitrogens is 1. The molecule has 0 atom stereocenters. The van der Waals surface area contributed by atoms with Crippen molar-refractivity contribution in [1.82, 2.24) is 4.57 Å². The van der Waals surface area contributed by atoms with Crippen molar-refractivity contribution in [2.75, 3.05) is 21.3 Å². The van der Waals surface area contributed by atoms with E-state index in [4.69, 9.17) is 14.2 Å². The number of carbonyl (C=O) groups is 2. The fraction of sp³-hybridized carbons (Fsp3) is 0.286. The topological polar surface area (TPSA) is 79.1 Å². The van der Waals surface area contributed by atoms with E-state index in [0.29, 0.717) is 16.3 Å². The van der Waals surface area contributed by atoms with Crippen molar-refractivity contribution in [2.24, 2.45) is 4.99 Å². The van der Waals surface area contributed by atoms with Crippen LogP contribution in [0.3, 0.4) is 0 Å². The minimum Gasteiger partial charge on any atom is -0.493 e. The number of thiazole rings is 1. The number of para-hydroxylation sites is 1. The molecule has 0 aliphatic rings. The van der Waals surface area contributed by atoms with Crippen molar-refractivity contribution in [3.8, 4) is 11.5 Å². The van der Waals surface area contributed by atoms with Crippen LogP contribution in [-0.2, 0) is 16.1 Å². The minimum atomic E-state index is -0.487. The normalized spacial score (nSPS) is 11.6. The summed E-state index contributed by atoms with van der Waals surface area (Å²) >= 11 is 1.34. The number of hydrogen-bond acceptors (Lipinski definition) is 6.